The lowest BCUT2D eigenvalue weighted by atomic mass is 9.87. The summed E-state index contributed by atoms with van der Waals surface area (Å²) in [6.07, 6.45) is 9.89. The topological polar surface area (TPSA) is 15.3 Å². The van der Waals surface area contributed by atoms with Crippen molar-refractivity contribution in [1.82, 2.24) is 10.2 Å². The first-order chi connectivity index (χ1) is 7.83. The second kappa shape index (κ2) is 6.02. The molecule has 16 heavy (non-hydrogen) atoms. The number of hydrogen-bond acceptors (Lipinski definition) is 2. The fourth-order valence-electron chi connectivity index (χ4n) is 3.49. The fraction of sp³-hybridized carbons (Fsp3) is 1.00. The van der Waals surface area contributed by atoms with E-state index in [9.17, 15) is 0 Å². The number of likely N-dealkylation sites (tertiary alicyclic amines) is 1. The molecule has 2 heteroatoms. The summed E-state index contributed by atoms with van der Waals surface area (Å²) in [4.78, 5) is 2.80. The van der Waals surface area contributed by atoms with Gasteiger partial charge in [-0.05, 0) is 58.0 Å². The molecule has 0 radical (unpaired) electrons. The van der Waals surface area contributed by atoms with Crippen LogP contribution in [0.15, 0.2) is 0 Å². The molecule has 0 aromatic heterocycles. The first-order valence-electron chi connectivity index (χ1n) is 7.24. The van der Waals surface area contributed by atoms with E-state index in [0.717, 1.165) is 18.0 Å². The smallest absolute Gasteiger partial charge is 0.00965 e. The molecule has 2 fully saturated rings. The first kappa shape index (κ1) is 12.4. The molecule has 0 spiro atoms. The van der Waals surface area contributed by atoms with Gasteiger partial charge in [-0.2, -0.15) is 0 Å². The van der Waals surface area contributed by atoms with Crippen LogP contribution in [0.25, 0.3) is 0 Å². The monoisotopic (exact) mass is 224 g/mol. The van der Waals surface area contributed by atoms with E-state index in [0.29, 0.717) is 0 Å². The summed E-state index contributed by atoms with van der Waals surface area (Å²) in [5, 5.41) is 3.43. The molecule has 1 aliphatic heterocycles. The van der Waals surface area contributed by atoms with Gasteiger partial charge in [0.05, 0.1) is 0 Å². The second-order valence-corrected chi connectivity index (χ2v) is 5.71. The normalized spacial score (nSPS) is 37.5. The van der Waals surface area contributed by atoms with Crippen molar-refractivity contribution in [3.05, 3.63) is 0 Å². The Morgan fingerprint density at radius 1 is 1.12 bits per heavy atom. The van der Waals surface area contributed by atoms with Crippen LogP contribution in [0.4, 0.5) is 0 Å². The first-order valence-corrected chi connectivity index (χ1v) is 7.24. The summed E-state index contributed by atoms with van der Waals surface area (Å²) < 4.78 is 0. The van der Waals surface area contributed by atoms with Crippen molar-refractivity contribution in [3.8, 4) is 0 Å². The third-order valence-corrected chi connectivity index (χ3v) is 4.75. The molecule has 2 nitrogen and oxygen atoms in total. The molecule has 1 saturated heterocycles. The van der Waals surface area contributed by atoms with Crippen LogP contribution in [0.3, 0.4) is 0 Å². The van der Waals surface area contributed by atoms with E-state index in [2.05, 4.69) is 24.2 Å². The molecule has 1 heterocycles. The van der Waals surface area contributed by atoms with Crippen LogP contribution in [0.1, 0.15) is 51.9 Å². The van der Waals surface area contributed by atoms with E-state index in [-0.39, 0.29) is 0 Å². The van der Waals surface area contributed by atoms with Crippen LogP contribution in [0.2, 0.25) is 0 Å². The quantitative estimate of drug-likeness (QED) is 0.793. The number of piperidine rings is 1. The third-order valence-electron chi connectivity index (χ3n) is 4.75. The van der Waals surface area contributed by atoms with Gasteiger partial charge in [0.1, 0.15) is 0 Å². The van der Waals surface area contributed by atoms with Gasteiger partial charge in [-0.3, -0.25) is 0 Å². The van der Waals surface area contributed by atoms with Gasteiger partial charge in [0.15, 0.2) is 0 Å². The molecular formula is C14H28N2. The van der Waals surface area contributed by atoms with E-state index in [1.807, 2.05) is 0 Å². The maximum atomic E-state index is 3.43. The zero-order valence-electron chi connectivity index (χ0n) is 11.0. The Morgan fingerprint density at radius 3 is 2.50 bits per heavy atom. The minimum absolute atomic E-state index is 0.794. The van der Waals surface area contributed by atoms with Crippen molar-refractivity contribution in [1.29, 1.82) is 0 Å². The van der Waals surface area contributed by atoms with Gasteiger partial charge in [0, 0.05) is 18.6 Å². The number of nitrogens with zero attached hydrogens (tertiary/aromatic N) is 1. The largest absolute Gasteiger partial charge is 0.317 e. The van der Waals surface area contributed by atoms with Crippen LogP contribution < -0.4 is 5.32 Å². The van der Waals surface area contributed by atoms with Crippen molar-refractivity contribution in [2.24, 2.45) is 5.92 Å². The molecule has 0 amide bonds. The zero-order valence-corrected chi connectivity index (χ0v) is 11.0. The van der Waals surface area contributed by atoms with Crippen molar-refractivity contribution >= 4 is 0 Å². The van der Waals surface area contributed by atoms with Gasteiger partial charge in [0.2, 0.25) is 0 Å². The molecule has 2 rings (SSSR count). The predicted octanol–water partition coefficient (Wildman–Crippen LogP) is 2.64. The van der Waals surface area contributed by atoms with Gasteiger partial charge in [-0.15, -0.1) is 0 Å². The Morgan fingerprint density at radius 2 is 1.88 bits per heavy atom. The van der Waals surface area contributed by atoms with Crippen LogP contribution in [0, 0.1) is 5.92 Å². The molecule has 1 N–H and O–H groups in total. The van der Waals surface area contributed by atoms with Gasteiger partial charge < -0.3 is 10.2 Å². The van der Waals surface area contributed by atoms with Crippen LogP contribution in [-0.4, -0.2) is 37.1 Å². The van der Waals surface area contributed by atoms with E-state index in [1.54, 1.807) is 0 Å². The highest BCUT2D eigenvalue weighted by molar-refractivity contribution is 4.85. The lowest BCUT2D eigenvalue weighted by Crippen LogP contribution is -2.46. The molecule has 1 atom stereocenters. The molecule has 0 aromatic rings. The summed E-state index contributed by atoms with van der Waals surface area (Å²) in [6, 6.07) is 1.70. The maximum Gasteiger partial charge on any atom is 0.00965 e. The molecule has 94 valence electrons. The highest BCUT2D eigenvalue weighted by Crippen LogP contribution is 2.28. The Balaban J connectivity index is 1.79. The van der Waals surface area contributed by atoms with Crippen molar-refractivity contribution in [2.45, 2.75) is 64.0 Å². The molecule has 1 saturated carbocycles. The van der Waals surface area contributed by atoms with E-state index >= 15 is 0 Å². The molecule has 1 unspecified atom stereocenters. The number of rotatable bonds is 3. The molecule has 0 bridgehead atoms. The zero-order chi connectivity index (χ0) is 11.4. The summed E-state index contributed by atoms with van der Waals surface area (Å²) in [7, 11) is 2.11. The minimum atomic E-state index is 0.794. The van der Waals surface area contributed by atoms with E-state index in [4.69, 9.17) is 0 Å². The lowest BCUT2D eigenvalue weighted by molar-refractivity contribution is 0.0911. The van der Waals surface area contributed by atoms with Gasteiger partial charge in [-0.25, -0.2) is 0 Å². The Hall–Kier alpha value is -0.0800. The van der Waals surface area contributed by atoms with Crippen molar-refractivity contribution in [2.75, 3.05) is 20.1 Å². The Bertz CT molecular complexity index is 197. The number of hydrogen-bond donors (Lipinski definition) is 1. The maximum absolute atomic E-state index is 3.43. The standard InChI is InChI=1S/C14H28N2/c1-3-12-5-4-10-16(11-12)14-8-6-13(15-2)7-9-14/h12-15H,3-11H2,1-2H3. The molecule has 0 aromatic carbocycles. The average molecular weight is 224 g/mol. The average Bonchev–Trinajstić information content (AvgIpc) is 2.39. The SMILES string of the molecule is CCC1CCCN(C2CCC(NC)CC2)C1. The highest BCUT2D eigenvalue weighted by atomic mass is 15.2. The molecule has 2 aliphatic rings. The fourth-order valence-corrected chi connectivity index (χ4v) is 3.49. The summed E-state index contributed by atoms with van der Waals surface area (Å²) in [6.45, 7) is 5.10. The van der Waals surface area contributed by atoms with Crippen LogP contribution in [-0.2, 0) is 0 Å². The predicted molar refractivity (Wildman–Crippen MR) is 69.7 cm³/mol. The summed E-state index contributed by atoms with van der Waals surface area (Å²) in [5.74, 6) is 0.982. The highest BCUT2D eigenvalue weighted by Gasteiger charge is 2.28. The van der Waals surface area contributed by atoms with Gasteiger partial charge in [-0.1, -0.05) is 13.3 Å². The number of nitrogens with one attached hydrogen (secondary N) is 1. The van der Waals surface area contributed by atoms with Gasteiger partial charge >= 0.3 is 0 Å². The van der Waals surface area contributed by atoms with Crippen LogP contribution in [0.5, 0.6) is 0 Å². The van der Waals surface area contributed by atoms with Crippen molar-refractivity contribution in [3.63, 3.8) is 0 Å². The lowest BCUT2D eigenvalue weighted by Gasteiger charge is -2.41. The third kappa shape index (κ3) is 2.98. The molecular weight excluding hydrogens is 196 g/mol. The summed E-state index contributed by atoms with van der Waals surface area (Å²) in [5.41, 5.74) is 0. The minimum Gasteiger partial charge on any atom is -0.317 e. The van der Waals surface area contributed by atoms with Crippen LogP contribution >= 0.6 is 0 Å². The second-order valence-electron chi connectivity index (χ2n) is 5.71. The van der Waals surface area contributed by atoms with Crippen molar-refractivity contribution < 1.29 is 0 Å². The Labute approximate surface area is 101 Å². The summed E-state index contributed by atoms with van der Waals surface area (Å²) >= 11 is 0. The Kier molecular flexibility index (Phi) is 4.66. The molecule has 1 aliphatic carbocycles. The van der Waals surface area contributed by atoms with E-state index < -0.39 is 0 Å². The van der Waals surface area contributed by atoms with E-state index in [1.165, 1.54) is 58.0 Å². The van der Waals surface area contributed by atoms with Gasteiger partial charge in [0.25, 0.3) is 0 Å².